The molecule has 3 N–H and O–H groups in total. The maximum Gasteiger partial charge on any atom is 0.251 e. The Balaban J connectivity index is 0.000000203. The highest BCUT2D eigenvalue weighted by molar-refractivity contribution is 7.16. The van der Waals surface area contributed by atoms with E-state index in [0.29, 0.717) is 17.0 Å². The summed E-state index contributed by atoms with van der Waals surface area (Å²) in [5.74, 6) is 0.666. The minimum Gasteiger partial charge on any atom is -0.365 e. The molecule has 2 aliphatic rings. The van der Waals surface area contributed by atoms with E-state index in [1.54, 1.807) is 0 Å². The number of hydrogen-bond acceptors (Lipinski definition) is 3. The molecule has 23 heavy (non-hydrogen) atoms. The van der Waals surface area contributed by atoms with Crippen LogP contribution in [0.25, 0.3) is 0 Å². The van der Waals surface area contributed by atoms with Crippen LogP contribution in [0.3, 0.4) is 0 Å². The minimum atomic E-state index is -0.446. The van der Waals surface area contributed by atoms with E-state index in [9.17, 15) is 9.59 Å². The molecule has 128 valence electrons. The Hall–Kier alpha value is -1.36. The van der Waals surface area contributed by atoms with Gasteiger partial charge in [0.25, 0.3) is 5.91 Å². The summed E-state index contributed by atoms with van der Waals surface area (Å²) in [6.45, 7) is 2.29. The first-order valence-corrected chi connectivity index (χ1v) is 9.63. The lowest BCUT2D eigenvalue weighted by molar-refractivity contribution is -0.105. The molecule has 1 heterocycles. The van der Waals surface area contributed by atoms with Gasteiger partial charge in [-0.1, -0.05) is 45.4 Å². The summed E-state index contributed by atoms with van der Waals surface area (Å²) >= 11 is 1.47. The molecule has 1 aromatic rings. The predicted molar refractivity (Wildman–Crippen MR) is 96.0 cm³/mol. The van der Waals surface area contributed by atoms with Crippen molar-refractivity contribution in [2.45, 2.75) is 71.1 Å². The van der Waals surface area contributed by atoms with Gasteiger partial charge in [0.05, 0.1) is 5.56 Å². The zero-order valence-corrected chi connectivity index (χ0v) is 14.8. The molecule has 5 heteroatoms. The highest BCUT2D eigenvalue weighted by Crippen LogP contribution is 2.37. The zero-order valence-electron chi connectivity index (χ0n) is 14.0. The Kier molecular flexibility index (Phi) is 7.09. The Morgan fingerprint density at radius 1 is 1.26 bits per heavy atom. The summed E-state index contributed by atoms with van der Waals surface area (Å²) in [5, 5.41) is 3.15. The molecule has 2 amide bonds. The number of hydrogen-bond donors (Lipinski definition) is 2. The summed E-state index contributed by atoms with van der Waals surface area (Å²) in [6, 6.07) is 0. The Bertz CT molecular complexity index is 533. The number of primary amides is 1. The fraction of sp³-hybridized carbons (Fsp3) is 0.667. The number of fused-ring (bicyclic) bond motifs is 1. The van der Waals surface area contributed by atoms with Crippen LogP contribution in [0.1, 0.15) is 79.1 Å². The molecule has 1 aromatic heterocycles. The molecule has 1 saturated carbocycles. The van der Waals surface area contributed by atoms with Crippen LogP contribution < -0.4 is 11.1 Å². The molecular weight excluding hydrogens is 308 g/mol. The van der Waals surface area contributed by atoms with Gasteiger partial charge in [0.15, 0.2) is 0 Å². The number of carbonyl (C=O) groups excluding carboxylic acids is 2. The first kappa shape index (κ1) is 18.0. The number of thiophene rings is 1. The summed E-state index contributed by atoms with van der Waals surface area (Å²) in [5.41, 5.74) is 6.89. The number of rotatable bonds is 5. The maximum atomic E-state index is 11.3. The molecule has 0 spiro atoms. The van der Waals surface area contributed by atoms with Crippen molar-refractivity contribution in [2.24, 2.45) is 11.7 Å². The summed E-state index contributed by atoms with van der Waals surface area (Å²) in [6.07, 6.45) is 13.6. The van der Waals surface area contributed by atoms with Crippen molar-refractivity contribution in [2.75, 3.05) is 5.32 Å². The van der Waals surface area contributed by atoms with E-state index in [-0.39, 0.29) is 0 Å². The van der Waals surface area contributed by atoms with Crippen LogP contribution in [0, 0.1) is 5.92 Å². The van der Waals surface area contributed by atoms with Crippen LogP contribution in [0.2, 0.25) is 0 Å². The number of aryl methyl sites for hydroxylation is 1. The molecule has 0 aliphatic heterocycles. The van der Waals surface area contributed by atoms with E-state index in [4.69, 9.17) is 5.73 Å². The molecule has 0 unspecified atom stereocenters. The van der Waals surface area contributed by atoms with Crippen molar-refractivity contribution in [3.8, 4) is 0 Å². The number of nitrogens with two attached hydrogens (primary N) is 1. The van der Waals surface area contributed by atoms with Gasteiger partial charge in [-0.15, -0.1) is 11.3 Å². The van der Waals surface area contributed by atoms with Crippen molar-refractivity contribution >= 4 is 28.7 Å². The van der Waals surface area contributed by atoms with Crippen molar-refractivity contribution in [3.63, 3.8) is 0 Å². The molecule has 0 bridgehead atoms. The van der Waals surface area contributed by atoms with Gasteiger partial charge in [0.1, 0.15) is 5.00 Å². The van der Waals surface area contributed by atoms with Crippen molar-refractivity contribution in [1.29, 1.82) is 0 Å². The fourth-order valence-electron chi connectivity index (χ4n) is 3.69. The molecule has 2 aliphatic carbocycles. The van der Waals surface area contributed by atoms with E-state index >= 15 is 0 Å². The first-order chi connectivity index (χ1) is 11.2. The average molecular weight is 337 g/mol. The van der Waals surface area contributed by atoms with Gasteiger partial charge in [0.2, 0.25) is 6.41 Å². The van der Waals surface area contributed by atoms with E-state index in [1.807, 2.05) is 0 Å². The normalized spacial score (nSPS) is 17.1. The van der Waals surface area contributed by atoms with Gasteiger partial charge >= 0.3 is 0 Å². The third-order valence-electron chi connectivity index (χ3n) is 4.78. The summed E-state index contributed by atoms with van der Waals surface area (Å²) in [4.78, 5) is 22.9. The molecule has 0 radical (unpaired) electrons. The number of anilines is 1. The van der Waals surface area contributed by atoms with Crippen molar-refractivity contribution < 1.29 is 9.59 Å². The Labute approximate surface area is 142 Å². The van der Waals surface area contributed by atoms with E-state index in [1.165, 1.54) is 54.7 Å². The number of carbonyl (C=O) groups is 2. The van der Waals surface area contributed by atoms with Crippen LogP contribution >= 0.6 is 11.3 Å². The van der Waals surface area contributed by atoms with E-state index < -0.39 is 5.91 Å². The van der Waals surface area contributed by atoms with Crippen LogP contribution in [0.15, 0.2) is 0 Å². The van der Waals surface area contributed by atoms with Crippen LogP contribution in [0.5, 0.6) is 0 Å². The second-order valence-electron chi connectivity index (χ2n) is 6.48. The highest BCUT2D eigenvalue weighted by atomic mass is 32.1. The molecule has 0 atom stereocenters. The van der Waals surface area contributed by atoms with Crippen molar-refractivity contribution in [3.05, 3.63) is 16.0 Å². The summed E-state index contributed by atoms with van der Waals surface area (Å²) < 4.78 is 0. The standard InChI is InChI=1S/C10H12N2O2S.C8H16/c11-9(14)8-6-3-1-2-4-7(6)15-10(8)12-5-13;1-2-5-8-6-3-4-7-8/h5H,1-4H2,(H2,11,14)(H,12,13);8H,2-7H2,1H3. The van der Waals surface area contributed by atoms with Gasteiger partial charge in [-0.25, -0.2) is 0 Å². The van der Waals surface area contributed by atoms with Crippen LogP contribution in [0.4, 0.5) is 5.00 Å². The minimum absolute atomic E-state index is 0.446. The highest BCUT2D eigenvalue weighted by Gasteiger charge is 2.23. The second-order valence-corrected chi connectivity index (χ2v) is 7.59. The largest absolute Gasteiger partial charge is 0.365 e. The van der Waals surface area contributed by atoms with E-state index in [0.717, 1.165) is 37.2 Å². The third kappa shape index (κ3) is 4.80. The van der Waals surface area contributed by atoms with Gasteiger partial charge < -0.3 is 11.1 Å². The molecule has 4 nitrogen and oxygen atoms in total. The lowest BCUT2D eigenvalue weighted by Crippen LogP contribution is -2.15. The van der Waals surface area contributed by atoms with Crippen LogP contribution in [-0.2, 0) is 17.6 Å². The van der Waals surface area contributed by atoms with Crippen molar-refractivity contribution in [1.82, 2.24) is 0 Å². The molecule has 0 saturated heterocycles. The molecule has 0 aromatic carbocycles. The zero-order chi connectivity index (χ0) is 16.7. The number of nitrogens with one attached hydrogen (secondary N) is 1. The third-order valence-corrected chi connectivity index (χ3v) is 6.00. The quantitative estimate of drug-likeness (QED) is 0.788. The lowest BCUT2D eigenvalue weighted by Gasteiger charge is -2.10. The van der Waals surface area contributed by atoms with E-state index in [2.05, 4.69) is 12.2 Å². The summed E-state index contributed by atoms with van der Waals surface area (Å²) in [7, 11) is 0. The monoisotopic (exact) mass is 336 g/mol. The predicted octanol–water partition coefficient (Wildman–Crippen LogP) is 4.27. The van der Waals surface area contributed by atoms with Gasteiger partial charge in [-0.3, -0.25) is 9.59 Å². The lowest BCUT2D eigenvalue weighted by atomic mass is 9.95. The molecular formula is C18H28N2O2S. The van der Waals surface area contributed by atoms with Gasteiger partial charge in [0, 0.05) is 4.88 Å². The fourth-order valence-corrected chi connectivity index (χ4v) is 4.94. The second kappa shape index (κ2) is 9.06. The SMILES string of the molecule is CCCC1CCCC1.NC(=O)c1c(NC=O)sc2c1CCCC2. The first-order valence-electron chi connectivity index (χ1n) is 8.81. The Morgan fingerprint density at radius 3 is 2.57 bits per heavy atom. The topological polar surface area (TPSA) is 72.2 Å². The molecule has 1 fully saturated rings. The van der Waals surface area contributed by atoms with Gasteiger partial charge in [-0.05, 0) is 37.2 Å². The average Bonchev–Trinajstić information content (AvgIpc) is 3.15. The maximum absolute atomic E-state index is 11.3. The number of amides is 2. The Morgan fingerprint density at radius 2 is 1.96 bits per heavy atom. The van der Waals surface area contributed by atoms with Crippen LogP contribution in [-0.4, -0.2) is 12.3 Å². The smallest absolute Gasteiger partial charge is 0.251 e. The molecule has 3 rings (SSSR count). The van der Waals surface area contributed by atoms with Gasteiger partial charge in [-0.2, -0.15) is 0 Å².